The number of fused-ring (bicyclic) bond motifs is 2. The van der Waals surface area contributed by atoms with Gasteiger partial charge in [-0.15, -0.1) is 0 Å². The first-order chi connectivity index (χ1) is 8.38. The summed E-state index contributed by atoms with van der Waals surface area (Å²) in [6.07, 6.45) is 4.48. The Bertz CT molecular complexity index is 539. The van der Waals surface area contributed by atoms with Crippen LogP contribution in [0.5, 0.6) is 11.5 Å². The van der Waals surface area contributed by atoms with Gasteiger partial charge >= 0.3 is 0 Å². The predicted octanol–water partition coefficient (Wildman–Crippen LogP) is 2.47. The Morgan fingerprint density at radius 3 is 3.00 bits per heavy atom. The summed E-state index contributed by atoms with van der Waals surface area (Å²) in [6.45, 7) is 0.620. The number of hydrogen-bond donors (Lipinski definition) is 1. The molecule has 0 radical (unpaired) electrons. The second kappa shape index (κ2) is 4.18. The average Bonchev–Trinajstić information content (AvgIpc) is 2.54. The summed E-state index contributed by atoms with van der Waals surface area (Å²) in [5.74, 6) is 2.04. The zero-order valence-corrected chi connectivity index (χ0v) is 9.47. The highest BCUT2D eigenvalue weighted by atomic mass is 16.5. The number of pyridine rings is 1. The third kappa shape index (κ3) is 1.78. The van der Waals surface area contributed by atoms with Crippen LogP contribution in [0.3, 0.4) is 0 Å². The molecule has 3 rings (SSSR count). The van der Waals surface area contributed by atoms with Crippen molar-refractivity contribution in [2.75, 3.05) is 6.54 Å². The zero-order valence-electron chi connectivity index (χ0n) is 9.47. The lowest BCUT2D eigenvalue weighted by molar-refractivity contribution is 0.475. The van der Waals surface area contributed by atoms with Crippen molar-refractivity contribution >= 4 is 0 Å². The quantitative estimate of drug-likeness (QED) is 0.812. The van der Waals surface area contributed by atoms with Crippen LogP contribution >= 0.6 is 0 Å². The van der Waals surface area contributed by atoms with E-state index in [-0.39, 0.29) is 0 Å². The Kier molecular flexibility index (Phi) is 2.53. The van der Waals surface area contributed by atoms with Gasteiger partial charge in [-0.3, -0.25) is 4.98 Å². The summed E-state index contributed by atoms with van der Waals surface area (Å²) in [4.78, 5) is 4.12. The predicted molar refractivity (Wildman–Crippen MR) is 66.3 cm³/mol. The molecule has 1 aromatic heterocycles. The van der Waals surface area contributed by atoms with Gasteiger partial charge in [0, 0.05) is 17.7 Å². The lowest BCUT2D eigenvalue weighted by Gasteiger charge is -2.13. The fourth-order valence-corrected chi connectivity index (χ4v) is 2.29. The molecule has 2 heterocycles. The number of benzene rings is 1. The molecule has 86 valence electrons. The van der Waals surface area contributed by atoms with Gasteiger partial charge in [-0.25, -0.2) is 0 Å². The number of nitrogens with two attached hydrogens (primary N) is 1. The molecule has 2 aromatic rings. The summed E-state index contributed by atoms with van der Waals surface area (Å²) >= 11 is 0. The minimum absolute atomic E-state index is 0.302. The van der Waals surface area contributed by atoms with Crippen LogP contribution in [0.2, 0.25) is 0 Å². The van der Waals surface area contributed by atoms with Gasteiger partial charge in [0.15, 0.2) is 0 Å². The van der Waals surface area contributed by atoms with E-state index in [9.17, 15) is 0 Å². The van der Waals surface area contributed by atoms with Crippen molar-refractivity contribution in [1.29, 1.82) is 0 Å². The van der Waals surface area contributed by atoms with Crippen LogP contribution in [-0.4, -0.2) is 11.5 Å². The van der Waals surface area contributed by atoms with Crippen LogP contribution in [0.25, 0.3) is 0 Å². The maximum absolute atomic E-state index is 5.92. The second-order valence-corrected chi connectivity index (χ2v) is 4.26. The molecule has 1 aliphatic heterocycles. The number of para-hydroxylation sites is 1. The fourth-order valence-electron chi connectivity index (χ4n) is 2.29. The van der Waals surface area contributed by atoms with Crippen LogP contribution in [0.15, 0.2) is 42.7 Å². The molecule has 3 nitrogen and oxygen atoms in total. The van der Waals surface area contributed by atoms with E-state index in [2.05, 4.69) is 11.1 Å². The molecule has 0 spiro atoms. The fraction of sp³-hybridized carbons (Fsp3) is 0.214. The minimum Gasteiger partial charge on any atom is -0.455 e. The van der Waals surface area contributed by atoms with Crippen molar-refractivity contribution < 1.29 is 4.74 Å². The van der Waals surface area contributed by atoms with Gasteiger partial charge in [0.1, 0.15) is 11.5 Å². The van der Waals surface area contributed by atoms with E-state index in [1.807, 2.05) is 24.3 Å². The van der Waals surface area contributed by atoms with Crippen molar-refractivity contribution in [2.45, 2.75) is 12.3 Å². The first kappa shape index (κ1) is 10.3. The van der Waals surface area contributed by atoms with E-state index in [1.165, 1.54) is 5.56 Å². The van der Waals surface area contributed by atoms with Crippen molar-refractivity contribution in [1.82, 2.24) is 4.98 Å². The first-order valence-corrected chi connectivity index (χ1v) is 5.78. The van der Waals surface area contributed by atoms with E-state index >= 15 is 0 Å². The summed E-state index contributed by atoms with van der Waals surface area (Å²) in [5, 5.41) is 0. The van der Waals surface area contributed by atoms with Crippen molar-refractivity contribution in [3.8, 4) is 11.5 Å². The molecular weight excluding hydrogens is 212 g/mol. The molecule has 1 aliphatic rings. The summed E-state index contributed by atoms with van der Waals surface area (Å²) in [5.41, 5.74) is 8.23. The Morgan fingerprint density at radius 1 is 1.24 bits per heavy atom. The largest absolute Gasteiger partial charge is 0.455 e. The number of rotatable bonds is 1. The van der Waals surface area contributed by atoms with Crippen molar-refractivity contribution in [3.63, 3.8) is 0 Å². The number of nitrogens with zero attached hydrogens (tertiary/aromatic N) is 1. The Labute approximate surface area is 100 Å². The van der Waals surface area contributed by atoms with Gasteiger partial charge in [0.25, 0.3) is 0 Å². The van der Waals surface area contributed by atoms with Gasteiger partial charge in [0.2, 0.25) is 0 Å². The van der Waals surface area contributed by atoms with E-state index in [1.54, 1.807) is 12.4 Å². The van der Waals surface area contributed by atoms with Crippen LogP contribution < -0.4 is 10.5 Å². The molecule has 1 aromatic carbocycles. The lowest BCUT2D eigenvalue weighted by Crippen LogP contribution is -2.14. The standard InChI is InChI=1S/C14H14N2O/c15-8-11-7-10-3-1-2-4-13(10)17-14-9-16-6-5-12(11)14/h1-6,9,11H,7-8,15H2. The third-order valence-electron chi connectivity index (χ3n) is 3.20. The number of aromatic nitrogens is 1. The Hall–Kier alpha value is -1.87. The first-order valence-electron chi connectivity index (χ1n) is 5.78. The third-order valence-corrected chi connectivity index (χ3v) is 3.20. The molecule has 0 fully saturated rings. The highest BCUT2D eigenvalue weighted by Gasteiger charge is 2.21. The highest BCUT2D eigenvalue weighted by molar-refractivity contribution is 5.45. The van der Waals surface area contributed by atoms with Crippen molar-refractivity contribution in [2.24, 2.45) is 5.73 Å². The molecular formula is C14H14N2O. The Balaban J connectivity index is 2.13. The normalized spacial score (nSPS) is 17.6. The highest BCUT2D eigenvalue weighted by Crippen LogP contribution is 2.37. The smallest absolute Gasteiger partial charge is 0.149 e. The minimum atomic E-state index is 0.302. The zero-order chi connectivity index (χ0) is 11.7. The molecule has 0 saturated carbocycles. The van der Waals surface area contributed by atoms with E-state index < -0.39 is 0 Å². The molecule has 0 saturated heterocycles. The lowest BCUT2D eigenvalue weighted by atomic mass is 9.93. The molecule has 0 aliphatic carbocycles. The van der Waals surface area contributed by atoms with E-state index in [0.29, 0.717) is 12.5 Å². The molecule has 1 unspecified atom stereocenters. The second-order valence-electron chi connectivity index (χ2n) is 4.26. The molecule has 1 atom stereocenters. The summed E-state index contributed by atoms with van der Waals surface area (Å²) in [6, 6.07) is 10.1. The molecule has 0 bridgehead atoms. The van der Waals surface area contributed by atoms with Crippen LogP contribution in [0, 0.1) is 0 Å². The maximum atomic E-state index is 5.92. The summed E-state index contributed by atoms with van der Waals surface area (Å²) < 4.78 is 5.92. The van der Waals surface area contributed by atoms with Gasteiger partial charge < -0.3 is 10.5 Å². The van der Waals surface area contributed by atoms with Crippen LogP contribution in [-0.2, 0) is 6.42 Å². The van der Waals surface area contributed by atoms with Gasteiger partial charge in [-0.05, 0) is 30.7 Å². The Morgan fingerprint density at radius 2 is 2.12 bits per heavy atom. The molecule has 0 amide bonds. The summed E-state index contributed by atoms with van der Waals surface area (Å²) in [7, 11) is 0. The van der Waals surface area contributed by atoms with Crippen LogP contribution in [0.4, 0.5) is 0 Å². The SMILES string of the molecule is NCC1Cc2ccccc2Oc2cnccc21. The molecule has 2 N–H and O–H groups in total. The van der Waals surface area contributed by atoms with Gasteiger partial charge in [-0.2, -0.15) is 0 Å². The van der Waals surface area contributed by atoms with Crippen LogP contribution in [0.1, 0.15) is 17.0 Å². The monoisotopic (exact) mass is 226 g/mol. The van der Waals surface area contributed by atoms with Gasteiger partial charge in [-0.1, -0.05) is 18.2 Å². The number of hydrogen-bond acceptors (Lipinski definition) is 3. The van der Waals surface area contributed by atoms with Crippen molar-refractivity contribution in [3.05, 3.63) is 53.9 Å². The van der Waals surface area contributed by atoms with Gasteiger partial charge in [0.05, 0.1) is 6.20 Å². The molecule has 17 heavy (non-hydrogen) atoms. The average molecular weight is 226 g/mol. The topological polar surface area (TPSA) is 48.1 Å². The maximum Gasteiger partial charge on any atom is 0.149 e. The van der Waals surface area contributed by atoms with E-state index in [0.717, 1.165) is 23.5 Å². The van der Waals surface area contributed by atoms with E-state index in [4.69, 9.17) is 10.5 Å². The number of ether oxygens (including phenoxy) is 1. The molecule has 3 heteroatoms.